The first kappa shape index (κ1) is 18.7. The Hall–Kier alpha value is -4.05. The van der Waals surface area contributed by atoms with Gasteiger partial charge < -0.3 is 9.47 Å². The van der Waals surface area contributed by atoms with Crippen molar-refractivity contribution in [1.82, 2.24) is 34.3 Å². The van der Waals surface area contributed by atoms with Gasteiger partial charge >= 0.3 is 0 Å². The van der Waals surface area contributed by atoms with Gasteiger partial charge in [0.05, 0.1) is 36.0 Å². The first-order valence-corrected chi connectivity index (χ1v) is 10.7. The zero-order valence-corrected chi connectivity index (χ0v) is 18.1. The summed E-state index contributed by atoms with van der Waals surface area (Å²) in [6.45, 7) is 0. The lowest BCUT2D eigenvalue weighted by atomic mass is 10.1. The van der Waals surface area contributed by atoms with Gasteiger partial charge in [-0.05, 0) is 29.8 Å². The van der Waals surface area contributed by atoms with Crippen molar-refractivity contribution < 1.29 is 9.47 Å². The van der Waals surface area contributed by atoms with E-state index in [4.69, 9.17) is 19.4 Å². The summed E-state index contributed by atoms with van der Waals surface area (Å²) in [7, 11) is 3.24. The monoisotopic (exact) mass is 443 g/mol. The fourth-order valence-corrected chi connectivity index (χ4v) is 4.63. The highest BCUT2D eigenvalue weighted by atomic mass is 32.1. The fourth-order valence-electron chi connectivity index (χ4n) is 3.70. The van der Waals surface area contributed by atoms with Crippen molar-refractivity contribution in [1.29, 1.82) is 0 Å². The van der Waals surface area contributed by atoms with E-state index in [0.717, 1.165) is 26.3 Å². The fraction of sp³-hybridized carbons (Fsp3) is 0.136. The van der Waals surface area contributed by atoms with Gasteiger partial charge in [-0.2, -0.15) is 9.78 Å². The topological polar surface area (TPSA) is 92.2 Å². The van der Waals surface area contributed by atoms with Crippen LogP contribution in [0.4, 0.5) is 0 Å². The molecule has 2 aromatic carbocycles. The normalized spacial score (nSPS) is 11.6. The van der Waals surface area contributed by atoms with E-state index < -0.39 is 0 Å². The van der Waals surface area contributed by atoms with Crippen molar-refractivity contribution in [3.05, 3.63) is 66.4 Å². The summed E-state index contributed by atoms with van der Waals surface area (Å²) in [4.78, 5) is 14.0. The average molecular weight is 443 g/mol. The van der Waals surface area contributed by atoms with Crippen LogP contribution in [0.15, 0.2) is 55.0 Å². The van der Waals surface area contributed by atoms with Gasteiger partial charge in [-0.15, -0.1) is 5.10 Å². The van der Waals surface area contributed by atoms with E-state index >= 15 is 0 Å². The van der Waals surface area contributed by atoms with Crippen LogP contribution in [0.1, 0.15) is 11.4 Å². The second-order valence-corrected chi connectivity index (χ2v) is 8.17. The number of aromatic nitrogens is 7. The van der Waals surface area contributed by atoms with Crippen molar-refractivity contribution in [2.45, 2.75) is 6.42 Å². The van der Waals surface area contributed by atoms with E-state index in [1.54, 1.807) is 47.3 Å². The first-order chi connectivity index (χ1) is 15.7. The van der Waals surface area contributed by atoms with Crippen LogP contribution in [0, 0.1) is 0 Å². The van der Waals surface area contributed by atoms with Gasteiger partial charge in [0, 0.05) is 6.42 Å². The van der Waals surface area contributed by atoms with Crippen molar-refractivity contribution in [2.24, 2.45) is 0 Å². The predicted molar refractivity (Wildman–Crippen MR) is 121 cm³/mol. The number of nitrogens with zero attached hydrogens (tertiary/aromatic N) is 7. The number of para-hydroxylation sites is 1. The molecule has 32 heavy (non-hydrogen) atoms. The van der Waals surface area contributed by atoms with Crippen LogP contribution in [-0.4, -0.2) is 48.6 Å². The van der Waals surface area contributed by atoms with Gasteiger partial charge in [0.25, 0.3) is 0 Å². The van der Waals surface area contributed by atoms with E-state index in [-0.39, 0.29) is 0 Å². The molecule has 0 aliphatic rings. The Balaban J connectivity index is 1.40. The van der Waals surface area contributed by atoms with E-state index in [1.165, 1.54) is 0 Å². The smallest absolute Gasteiger partial charge is 0.213 e. The molecule has 0 bridgehead atoms. The Labute approximate surface area is 185 Å². The molecule has 0 aliphatic carbocycles. The zero-order valence-electron chi connectivity index (χ0n) is 17.3. The minimum Gasteiger partial charge on any atom is -0.493 e. The van der Waals surface area contributed by atoms with Crippen LogP contribution in [0.5, 0.6) is 11.5 Å². The Bertz CT molecular complexity index is 1570. The molecule has 9 nitrogen and oxygen atoms in total. The number of benzene rings is 2. The Morgan fingerprint density at radius 1 is 0.969 bits per heavy atom. The second kappa shape index (κ2) is 7.27. The molecule has 6 aromatic rings. The summed E-state index contributed by atoms with van der Waals surface area (Å²) in [5.74, 6) is 2.04. The number of methoxy groups -OCH3 is 2. The maximum Gasteiger partial charge on any atom is 0.213 e. The minimum absolute atomic E-state index is 0.551. The molecule has 4 aromatic heterocycles. The van der Waals surface area contributed by atoms with Gasteiger partial charge in [-0.25, -0.2) is 19.5 Å². The lowest BCUT2D eigenvalue weighted by Gasteiger charge is -2.08. The highest BCUT2D eigenvalue weighted by molar-refractivity contribution is 7.20. The van der Waals surface area contributed by atoms with Gasteiger partial charge in [0.15, 0.2) is 28.6 Å². The summed E-state index contributed by atoms with van der Waals surface area (Å²) in [6, 6.07) is 13.8. The van der Waals surface area contributed by atoms with Crippen LogP contribution in [0.25, 0.3) is 32.0 Å². The van der Waals surface area contributed by atoms with Crippen LogP contribution in [0.3, 0.4) is 0 Å². The van der Waals surface area contributed by atoms with Gasteiger partial charge in [0.2, 0.25) is 5.13 Å². The number of fused-ring (bicyclic) bond motifs is 4. The Morgan fingerprint density at radius 2 is 1.84 bits per heavy atom. The molecule has 0 N–H and O–H groups in total. The van der Waals surface area contributed by atoms with Crippen molar-refractivity contribution in [3.8, 4) is 16.6 Å². The van der Waals surface area contributed by atoms with Crippen LogP contribution in [-0.2, 0) is 6.42 Å². The quantitative estimate of drug-likeness (QED) is 0.401. The van der Waals surface area contributed by atoms with E-state index in [1.807, 2.05) is 42.5 Å². The maximum atomic E-state index is 5.40. The summed E-state index contributed by atoms with van der Waals surface area (Å²) < 4.78 is 15.3. The molecule has 10 heteroatoms. The molecular weight excluding hydrogens is 426 g/mol. The lowest BCUT2D eigenvalue weighted by molar-refractivity contribution is 0.354. The maximum absolute atomic E-state index is 5.40. The number of hydrogen-bond donors (Lipinski definition) is 0. The number of thiazole rings is 1. The van der Waals surface area contributed by atoms with E-state index in [2.05, 4.69) is 15.2 Å². The molecule has 4 heterocycles. The third-order valence-corrected chi connectivity index (χ3v) is 6.24. The van der Waals surface area contributed by atoms with Crippen molar-refractivity contribution >= 4 is 38.2 Å². The standard InChI is InChI=1S/C22H17N7O2S/c1-30-16-8-7-13(9-17(16)31-2)10-19-26-21-14-11-24-29(20(14)23-12-28(21)27-19)22-25-15-5-3-4-6-18(15)32-22/h3-9,11-12H,10H2,1-2H3. The highest BCUT2D eigenvalue weighted by Crippen LogP contribution is 2.29. The molecule has 158 valence electrons. The van der Waals surface area contributed by atoms with E-state index in [0.29, 0.717) is 35.0 Å². The van der Waals surface area contributed by atoms with Crippen molar-refractivity contribution in [2.75, 3.05) is 14.2 Å². The third kappa shape index (κ3) is 2.95. The van der Waals surface area contributed by atoms with E-state index in [9.17, 15) is 0 Å². The summed E-state index contributed by atoms with van der Waals surface area (Å²) in [5.41, 5.74) is 3.37. The predicted octanol–water partition coefficient (Wildman–Crippen LogP) is 3.68. The Kier molecular flexibility index (Phi) is 4.25. The average Bonchev–Trinajstić information content (AvgIpc) is 3.53. The summed E-state index contributed by atoms with van der Waals surface area (Å²) in [6.07, 6.45) is 3.97. The Morgan fingerprint density at radius 3 is 2.69 bits per heavy atom. The van der Waals surface area contributed by atoms with Gasteiger partial charge in [-0.3, -0.25) is 0 Å². The molecule has 6 rings (SSSR count). The lowest BCUT2D eigenvalue weighted by Crippen LogP contribution is -1.98. The molecule has 0 saturated heterocycles. The molecule has 0 amide bonds. The third-order valence-electron chi connectivity index (χ3n) is 5.22. The molecular formula is C22H17N7O2S. The van der Waals surface area contributed by atoms with Crippen LogP contribution >= 0.6 is 11.3 Å². The number of ether oxygens (including phenoxy) is 2. The number of rotatable bonds is 5. The molecule has 0 saturated carbocycles. The minimum atomic E-state index is 0.551. The molecule has 0 radical (unpaired) electrons. The van der Waals surface area contributed by atoms with Gasteiger partial charge in [-0.1, -0.05) is 29.5 Å². The molecule has 0 atom stereocenters. The molecule has 0 aliphatic heterocycles. The zero-order chi connectivity index (χ0) is 21.7. The second-order valence-electron chi connectivity index (χ2n) is 7.16. The summed E-state index contributed by atoms with van der Waals surface area (Å²) >= 11 is 1.57. The highest BCUT2D eigenvalue weighted by Gasteiger charge is 2.16. The van der Waals surface area contributed by atoms with Crippen LogP contribution < -0.4 is 9.47 Å². The molecule has 0 spiro atoms. The van der Waals surface area contributed by atoms with Crippen molar-refractivity contribution in [3.63, 3.8) is 0 Å². The molecule has 0 fully saturated rings. The summed E-state index contributed by atoms with van der Waals surface area (Å²) in [5, 5.41) is 10.7. The largest absolute Gasteiger partial charge is 0.493 e. The van der Waals surface area contributed by atoms with Gasteiger partial charge in [0.1, 0.15) is 6.33 Å². The SMILES string of the molecule is COc1ccc(Cc2nc3c4cnn(-c5nc6ccccc6s5)c4ncn3n2)cc1OC. The van der Waals surface area contributed by atoms with Crippen LogP contribution in [0.2, 0.25) is 0 Å². The number of hydrogen-bond acceptors (Lipinski definition) is 8. The molecule has 0 unspecified atom stereocenters. The first-order valence-electron chi connectivity index (χ1n) is 9.88.